The Morgan fingerprint density at radius 3 is 2.75 bits per heavy atom. The van der Waals surface area contributed by atoms with Gasteiger partial charge >= 0.3 is 0 Å². The lowest BCUT2D eigenvalue weighted by Gasteiger charge is -2.19. The molecule has 28 heavy (non-hydrogen) atoms. The fourth-order valence-electron chi connectivity index (χ4n) is 3.72. The van der Waals surface area contributed by atoms with Crippen molar-refractivity contribution in [2.75, 3.05) is 24.6 Å². The number of anilines is 1. The molecule has 6 heteroatoms. The molecule has 0 unspecified atom stereocenters. The van der Waals surface area contributed by atoms with Crippen LogP contribution >= 0.6 is 0 Å². The van der Waals surface area contributed by atoms with Crippen LogP contribution in [0, 0.1) is 12.8 Å². The molecule has 1 saturated heterocycles. The van der Waals surface area contributed by atoms with Gasteiger partial charge in [-0.2, -0.15) is 4.98 Å². The molecule has 0 spiro atoms. The Hall–Kier alpha value is -2.89. The van der Waals surface area contributed by atoms with E-state index in [9.17, 15) is 0 Å². The molecule has 1 aromatic carbocycles. The summed E-state index contributed by atoms with van der Waals surface area (Å²) in [6.45, 7) is 4.77. The molecule has 2 aliphatic rings. The van der Waals surface area contributed by atoms with Crippen molar-refractivity contribution in [1.29, 1.82) is 0 Å². The topological polar surface area (TPSA) is 64.3 Å². The molecule has 1 aliphatic carbocycles. The van der Waals surface area contributed by atoms with Crippen LogP contribution in [-0.2, 0) is 0 Å². The zero-order valence-electron chi connectivity index (χ0n) is 16.0. The minimum atomic E-state index is 0.507. The number of benzene rings is 1. The standard InChI is InChI=1S/C22H24N4O2/c1-15-12-23-21(18-2-3-18)25-22(15)27-14-16-9-11-26(13-16)19-6-4-17(5-7-19)20-8-10-24-28-20/h4-8,10,12,16,18H,2-3,9,11,13-14H2,1H3/t16-/m0/s1. The van der Waals surface area contributed by atoms with Crippen LogP contribution in [0.5, 0.6) is 5.88 Å². The van der Waals surface area contributed by atoms with Gasteiger partial charge in [-0.25, -0.2) is 4.98 Å². The van der Waals surface area contributed by atoms with Crippen molar-refractivity contribution in [3.8, 4) is 17.2 Å². The Labute approximate surface area is 164 Å². The first-order valence-electron chi connectivity index (χ1n) is 9.98. The molecular formula is C22H24N4O2. The number of ether oxygens (including phenoxy) is 1. The normalized spacial score (nSPS) is 19.2. The quantitative estimate of drug-likeness (QED) is 0.642. The van der Waals surface area contributed by atoms with E-state index in [4.69, 9.17) is 9.26 Å². The first-order valence-corrected chi connectivity index (χ1v) is 9.98. The lowest BCUT2D eigenvalue weighted by molar-refractivity contribution is 0.249. The molecule has 3 aromatic rings. The minimum Gasteiger partial charge on any atom is -0.477 e. The molecule has 2 fully saturated rings. The monoisotopic (exact) mass is 376 g/mol. The average Bonchev–Trinajstić information content (AvgIpc) is 3.23. The van der Waals surface area contributed by atoms with E-state index in [2.05, 4.69) is 44.3 Å². The smallest absolute Gasteiger partial charge is 0.219 e. The van der Waals surface area contributed by atoms with Crippen molar-refractivity contribution in [3.05, 3.63) is 54.1 Å². The molecule has 0 bridgehead atoms. The molecular weight excluding hydrogens is 352 g/mol. The lowest BCUT2D eigenvalue weighted by atomic mass is 10.1. The van der Waals surface area contributed by atoms with E-state index in [1.807, 2.05) is 19.2 Å². The number of nitrogens with zero attached hydrogens (tertiary/aromatic N) is 4. The van der Waals surface area contributed by atoms with Crippen LogP contribution in [0.2, 0.25) is 0 Å². The second kappa shape index (κ2) is 7.26. The van der Waals surface area contributed by atoms with Crippen LogP contribution in [-0.4, -0.2) is 34.8 Å². The first-order chi connectivity index (χ1) is 13.8. The molecule has 2 aromatic heterocycles. The van der Waals surface area contributed by atoms with Gasteiger partial charge in [-0.05, 0) is 50.5 Å². The summed E-state index contributed by atoms with van der Waals surface area (Å²) >= 11 is 0. The van der Waals surface area contributed by atoms with Gasteiger partial charge in [0, 0.05) is 54.0 Å². The third-order valence-electron chi connectivity index (χ3n) is 5.58. The van der Waals surface area contributed by atoms with E-state index < -0.39 is 0 Å². The Kier molecular flexibility index (Phi) is 4.47. The van der Waals surface area contributed by atoms with Gasteiger partial charge in [0.05, 0.1) is 12.8 Å². The van der Waals surface area contributed by atoms with Crippen LogP contribution in [0.1, 0.15) is 36.6 Å². The summed E-state index contributed by atoms with van der Waals surface area (Å²) in [4.78, 5) is 11.5. The van der Waals surface area contributed by atoms with Gasteiger partial charge in [-0.3, -0.25) is 0 Å². The lowest BCUT2D eigenvalue weighted by Crippen LogP contribution is -2.22. The van der Waals surface area contributed by atoms with Crippen LogP contribution in [0.4, 0.5) is 5.69 Å². The second-order valence-corrected chi connectivity index (χ2v) is 7.83. The Morgan fingerprint density at radius 2 is 2.00 bits per heavy atom. The highest BCUT2D eigenvalue weighted by molar-refractivity contribution is 5.61. The summed E-state index contributed by atoms with van der Waals surface area (Å²) in [5, 5.41) is 3.77. The molecule has 0 amide bonds. The Bertz CT molecular complexity index is 936. The largest absolute Gasteiger partial charge is 0.477 e. The number of aromatic nitrogens is 3. The van der Waals surface area contributed by atoms with Gasteiger partial charge in [0.2, 0.25) is 5.88 Å². The Balaban J connectivity index is 1.19. The fraction of sp³-hybridized carbons (Fsp3) is 0.409. The zero-order valence-corrected chi connectivity index (χ0v) is 16.0. The molecule has 144 valence electrons. The predicted molar refractivity (Wildman–Crippen MR) is 106 cm³/mol. The average molecular weight is 376 g/mol. The number of hydrogen-bond acceptors (Lipinski definition) is 6. The van der Waals surface area contributed by atoms with Gasteiger partial charge in [0.15, 0.2) is 5.76 Å². The van der Waals surface area contributed by atoms with Crippen molar-refractivity contribution in [3.63, 3.8) is 0 Å². The zero-order chi connectivity index (χ0) is 18.9. The van der Waals surface area contributed by atoms with E-state index >= 15 is 0 Å². The SMILES string of the molecule is Cc1cnc(C2CC2)nc1OC[C@H]1CCN(c2ccc(-c3ccno3)cc2)C1. The summed E-state index contributed by atoms with van der Waals surface area (Å²) in [6.07, 6.45) is 7.10. The highest BCUT2D eigenvalue weighted by Crippen LogP contribution is 2.38. The summed E-state index contributed by atoms with van der Waals surface area (Å²) in [5.74, 6) is 3.55. The number of aryl methyl sites for hydroxylation is 1. The van der Waals surface area contributed by atoms with Crippen LogP contribution in [0.15, 0.2) is 47.2 Å². The molecule has 1 atom stereocenters. The van der Waals surface area contributed by atoms with Crippen molar-refractivity contribution in [2.24, 2.45) is 5.92 Å². The molecule has 1 saturated carbocycles. The fourth-order valence-corrected chi connectivity index (χ4v) is 3.72. The van der Waals surface area contributed by atoms with Gasteiger partial charge in [-0.15, -0.1) is 0 Å². The second-order valence-electron chi connectivity index (χ2n) is 7.83. The highest BCUT2D eigenvalue weighted by atomic mass is 16.5. The van der Waals surface area contributed by atoms with E-state index in [0.29, 0.717) is 18.4 Å². The van der Waals surface area contributed by atoms with Crippen molar-refractivity contribution < 1.29 is 9.26 Å². The van der Waals surface area contributed by atoms with Crippen molar-refractivity contribution in [2.45, 2.75) is 32.1 Å². The van der Waals surface area contributed by atoms with Gasteiger partial charge in [0.1, 0.15) is 5.82 Å². The molecule has 3 heterocycles. The molecule has 5 rings (SSSR count). The van der Waals surface area contributed by atoms with E-state index in [0.717, 1.165) is 48.1 Å². The van der Waals surface area contributed by atoms with E-state index in [-0.39, 0.29) is 0 Å². The van der Waals surface area contributed by atoms with Crippen molar-refractivity contribution >= 4 is 5.69 Å². The van der Waals surface area contributed by atoms with Gasteiger partial charge in [-0.1, -0.05) is 5.16 Å². The molecule has 1 aliphatic heterocycles. The summed E-state index contributed by atoms with van der Waals surface area (Å²) < 4.78 is 11.3. The predicted octanol–water partition coefficient (Wildman–Crippen LogP) is 4.22. The molecule has 0 N–H and O–H groups in total. The first kappa shape index (κ1) is 17.2. The summed E-state index contributed by atoms with van der Waals surface area (Å²) in [7, 11) is 0. The minimum absolute atomic E-state index is 0.507. The maximum absolute atomic E-state index is 6.09. The van der Waals surface area contributed by atoms with Crippen LogP contribution < -0.4 is 9.64 Å². The summed E-state index contributed by atoms with van der Waals surface area (Å²) in [5.41, 5.74) is 3.30. The maximum atomic E-state index is 6.09. The van der Waals surface area contributed by atoms with Crippen molar-refractivity contribution in [1.82, 2.24) is 15.1 Å². The Morgan fingerprint density at radius 1 is 1.14 bits per heavy atom. The third kappa shape index (κ3) is 3.59. The number of rotatable bonds is 6. The van der Waals surface area contributed by atoms with Crippen LogP contribution in [0.3, 0.4) is 0 Å². The van der Waals surface area contributed by atoms with Gasteiger partial charge < -0.3 is 14.2 Å². The van der Waals surface area contributed by atoms with Crippen LogP contribution in [0.25, 0.3) is 11.3 Å². The molecule has 6 nitrogen and oxygen atoms in total. The number of hydrogen-bond donors (Lipinski definition) is 0. The maximum Gasteiger partial charge on any atom is 0.219 e. The molecule has 0 radical (unpaired) electrons. The highest BCUT2D eigenvalue weighted by Gasteiger charge is 2.28. The third-order valence-corrected chi connectivity index (χ3v) is 5.58. The van der Waals surface area contributed by atoms with E-state index in [1.165, 1.54) is 18.5 Å². The van der Waals surface area contributed by atoms with E-state index in [1.54, 1.807) is 6.20 Å². The van der Waals surface area contributed by atoms with Gasteiger partial charge in [0.25, 0.3) is 0 Å². The summed E-state index contributed by atoms with van der Waals surface area (Å²) in [6, 6.07) is 10.4.